The molecular formula is C11H20O. The van der Waals surface area contributed by atoms with Crippen molar-refractivity contribution >= 4 is 0 Å². The molecule has 0 aromatic rings. The molecule has 0 amide bonds. The van der Waals surface area contributed by atoms with Crippen molar-refractivity contribution in [3.05, 3.63) is 11.6 Å². The zero-order chi connectivity index (χ0) is 8.97. The van der Waals surface area contributed by atoms with Crippen LogP contribution >= 0.6 is 0 Å². The predicted octanol–water partition coefficient (Wildman–Crippen LogP) is 3.16. The van der Waals surface area contributed by atoms with Gasteiger partial charge < -0.3 is 4.74 Å². The number of ether oxygens (including phenoxy) is 1. The highest BCUT2D eigenvalue weighted by Gasteiger charge is 2.16. The summed E-state index contributed by atoms with van der Waals surface area (Å²) < 4.78 is 5.64. The quantitative estimate of drug-likeness (QED) is 0.575. The molecule has 1 saturated heterocycles. The van der Waals surface area contributed by atoms with Crippen LogP contribution in [0.15, 0.2) is 11.6 Å². The summed E-state index contributed by atoms with van der Waals surface area (Å²) in [5, 5.41) is 0. The van der Waals surface area contributed by atoms with E-state index in [1.54, 1.807) is 0 Å². The van der Waals surface area contributed by atoms with Gasteiger partial charge in [0.2, 0.25) is 0 Å². The van der Waals surface area contributed by atoms with Crippen LogP contribution in [-0.2, 0) is 4.74 Å². The number of hydrogen-bond donors (Lipinski definition) is 0. The van der Waals surface area contributed by atoms with Gasteiger partial charge in [0, 0.05) is 6.61 Å². The van der Waals surface area contributed by atoms with Crippen LogP contribution in [0.5, 0.6) is 0 Å². The molecule has 1 nitrogen and oxygen atoms in total. The summed E-state index contributed by atoms with van der Waals surface area (Å²) in [7, 11) is 0. The zero-order valence-electron chi connectivity index (χ0n) is 8.47. The highest BCUT2D eigenvalue weighted by Crippen LogP contribution is 2.21. The normalized spacial score (nSPS) is 32.1. The first-order valence-corrected chi connectivity index (χ1v) is 5.01. The number of hydrogen-bond acceptors (Lipinski definition) is 1. The maximum absolute atomic E-state index is 5.64. The Morgan fingerprint density at radius 1 is 1.58 bits per heavy atom. The van der Waals surface area contributed by atoms with Crippen LogP contribution in [0.1, 0.15) is 40.0 Å². The maximum Gasteiger partial charge on any atom is 0.0760 e. The SMILES string of the molecule is CC/C(C)=C\[C@@H]1C[C@@H](C)CCO1. The van der Waals surface area contributed by atoms with Gasteiger partial charge in [0.25, 0.3) is 0 Å². The van der Waals surface area contributed by atoms with Crippen LogP contribution in [0.25, 0.3) is 0 Å². The molecule has 0 aliphatic carbocycles. The van der Waals surface area contributed by atoms with Gasteiger partial charge in [0.05, 0.1) is 6.10 Å². The van der Waals surface area contributed by atoms with Crippen LogP contribution in [0.3, 0.4) is 0 Å². The Hall–Kier alpha value is -0.300. The second-order valence-electron chi connectivity index (χ2n) is 3.91. The standard InChI is InChI=1S/C11H20O/c1-4-9(2)7-11-8-10(3)5-6-12-11/h7,10-11H,4-6,8H2,1-3H3/b9-7-/t10-,11+/m0/s1. The van der Waals surface area contributed by atoms with E-state index in [1.165, 1.54) is 18.4 Å². The topological polar surface area (TPSA) is 9.23 Å². The fourth-order valence-electron chi connectivity index (χ4n) is 1.55. The molecule has 2 atom stereocenters. The molecule has 0 saturated carbocycles. The van der Waals surface area contributed by atoms with Crippen molar-refractivity contribution in [3.63, 3.8) is 0 Å². The Bertz CT molecular complexity index is 160. The molecule has 1 aliphatic heterocycles. The minimum atomic E-state index is 0.397. The van der Waals surface area contributed by atoms with Gasteiger partial charge in [-0.05, 0) is 32.1 Å². The molecule has 12 heavy (non-hydrogen) atoms. The van der Waals surface area contributed by atoms with E-state index in [9.17, 15) is 0 Å². The van der Waals surface area contributed by atoms with E-state index >= 15 is 0 Å². The minimum absolute atomic E-state index is 0.397. The first-order valence-electron chi connectivity index (χ1n) is 5.01. The van der Waals surface area contributed by atoms with Gasteiger partial charge in [0.15, 0.2) is 0 Å². The molecule has 0 N–H and O–H groups in total. The van der Waals surface area contributed by atoms with Crippen LogP contribution in [0.2, 0.25) is 0 Å². The van der Waals surface area contributed by atoms with Crippen molar-refractivity contribution < 1.29 is 4.74 Å². The molecule has 1 heteroatoms. The number of allylic oxidation sites excluding steroid dienone is 1. The third-order valence-electron chi connectivity index (χ3n) is 2.61. The van der Waals surface area contributed by atoms with Gasteiger partial charge in [-0.3, -0.25) is 0 Å². The Balaban J connectivity index is 2.41. The molecule has 1 aliphatic rings. The van der Waals surface area contributed by atoms with E-state index in [0.717, 1.165) is 18.9 Å². The van der Waals surface area contributed by atoms with Crippen molar-refractivity contribution in [1.82, 2.24) is 0 Å². The summed E-state index contributed by atoms with van der Waals surface area (Å²) >= 11 is 0. The molecule has 0 spiro atoms. The van der Waals surface area contributed by atoms with Crippen molar-refractivity contribution in [2.24, 2.45) is 5.92 Å². The average Bonchev–Trinajstić information content (AvgIpc) is 2.04. The Morgan fingerprint density at radius 2 is 2.33 bits per heavy atom. The summed E-state index contributed by atoms with van der Waals surface area (Å²) in [5.41, 5.74) is 1.45. The van der Waals surface area contributed by atoms with Crippen molar-refractivity contribution in [2.45, 2.75) is 46.1 Å². The van der Waals surface area contributed by atoms with Gasteiger partial charge in [-0.1, -0.05) is 25.5 Å². The minimum Gasteiger partial charge on any atom is -0.374 e. The maximum atomic E-state index is 5.64. The third-order valence-corrected chi connectivity index (χ3v) is 2.61. The van der Waals surface area contributed by atoms with Gasteiger partial charge in [-0.15, -0.1) is 0 Å². The molecule has 0 unspecified atom stereocenters. The molecular weight excluding hydrogens is 148 g/mol. The smallest absolute Gasteiger partial charge is 0.0760 e. The second kappa shape index (κ2) is 4.66. The van der Waals surface area contributed by atoms with E-state index < -0.39 is 0 Å². The first kappa shape index (κ1) is 9.79. The van der Waals surface area contributed by atoms with E-state index in [1.807, 2.05) is 0 Å². The molecule has 0 aromatic heterocycles. The van der Waals surface area contributed by atoms with Crippen molar-refractivity contribution in [3.8, 4) is 0 Å². The highest BCUT2D eigenvalue weighted by molar-refractivity contribution is 5.02. The predicted molar refractivity (Wildman–Crippen MR) is 52.2 cm³/mol. The lowest BCUT2D eigenvalue weighted by atomic mass is 9.96. The lowest BCUT2D eigenvalue weighted by Gasteiger charge is -2.25. The van der Waals surface area contributed by atoms with Gasteiger partial charge in [-0.25, -0.2) is 0 Å². The zero-order valence-corrected chi connectivity index (χ0v) is 8.47. The van der Waals surface area contributed by atoms with Crippen LogP contribution < -0.4 is 0 Å². The van der Waals surface area contributed by atoms with Crippen molar-refractivity contribution in [2.75, 3.05) is 6.61 Å². The summed E-state index contributed by atoms with van der Waals surface area (Å²) in [5.74, 6) is 0.838. The van der Waals surface area contributed by atoms with Gasteiger partial charge in [0.1, 0.15) is 0 Å². The number of rotatable bonds is 2. The highest BCUT2D eigenvalue weighted by atomic mass is 16.5. The Morgan fingerprint density at radius 3 is 2.92 bits per heavy atom. The molecule has 1 rings (SSSR count). The van der Waals surface area contributed by atoms with E-state index in [2.05, 4.69) is 26.8 Å². The van der Waals surface area contributed by atoms with Crippen molar-refractivity contribution in [1.29, 1.82) is 0 Å². The molecule has 70 valence electrons. The summed E-state index contributed by atoms with van der Waals surface area (Å²) in [6.45, 7) is 7.63. The Kier molecular flexibility index (Phi) is 3.80. The van der Waals surface area contributed by atoms with E-state index in [-0.39, 0.29) is 0 Å². The van der Waals surface area contributed by atoms with Crippen LogP contribution in [0, 0.1) is 5.92 Å². The van der Waals surface area contributed by atoms with E-state index in [4.69, 9.17) is 4.74 Å². The van der Waals surface area contributed by atoms with Gasteiger partial charge >= 0.3 is 0 Å². The molecule has 0 bridgehead atoms. The van der Waals surface area contributed by atoms with Gasteiger partial charge in [-0.2, -0.15) is 0 Å². The second-order valence-corrected chi connectivity index (χ2v) is 3.91. The third kappa shape index (κ3) is 2.98. The fraction of sp³-hybridized carbons (Fsp3) is 0.818. The lowest BCUT2D eigenvalue weighted by Crippen LogP contribution is -2.22. The summed E-state index contributed by atoms with van der Waals surface area (Å²) in [4.78, 5) is 0. The fourth-order valence-corrected chi connectivity index (χ4v) is 1.55. The summed E-state index contributed by atoms with van der Waals surface area (Å²) in [6.07, 6.45) is 6.27. The van der Waals surface area contributed by atoms with E-state index in [0.29, 0.717) is 6.10 Å². The first-order chi connectivity index (χ1) is 5.72. The van der Waals surface area contributed by atoms with Crippen LogP contribution in [0.4, 0.5) is 0 Å². The average molecular weight is 168 g/mol. The Labute approximate surface area is 75.8 Å². The molecule has 0 aromatic carbocycles. The summed E-state index contributed by atoms with van der Waals surface area (Å²) in [6, 6.07) is 0. The monoisotopic (exact) mass is 168 g/mol. The molecule has 0 radical (unpaired) electrons. The van der Waals surface area contributed by atoms with Crippen LogP contribution in [-0.4, -0.2) is 12.7 Å². The molecule has 1 fully saturated rings. The molecule has 1 heterocycles. The largest absolute Gasteiger partial charge is 0.374 e. The lowest BCUT2D eigenvalue weighted by molar-refractivity contribution is 0.0234.